The van der Waals surface area contributed by atoms with Gasteiger partial charge in [-0.2, -0.15) is 5.10 Å². The molecule has 0 spiro atoms. The fraction of sp³-hybridized carbons (Fsp3) is 0.538. The van der Waals surface area contributed by atoms with Gasteiger partial charge in [0, 0.05) is 43.6 Å². The predicted octanol–water partition coefficient (Wildman–Crippen LogP) is 3.67. The number of imidazole rings is 1. The minimum Gasteiger partial charge on any atom is -0.414 e. The normalized spacial score (nSPS) is 18.6. The van der Waals surface area contributed by atoms with Crippen LogP contribution in [-0.2, 0) is 4.74 Å². The molecule has 0 unspecified atom stereocenters. The third kappa shape index (κ3) is 4.18. The van der Waals surface area contributed by atoms with Gasteiger partial charge in [0.15, 0.2) is 17.0 Å². The number of nitrogens with one attached hydrogen (secondary N) is 1. The SMILES string of the molecule is CC(C)n1nc(-c2ncc(C3CCN(CC4CCOCC4)CC3)[nH]2)c2c3oc(=O)c(=O)oc3ccc21. The third-order valence-electron chi connectivity index (χ3n) is 7.55. The van der Waals surface area contributed by atoms with Crippen LogP contribution in [0.3, 0.4) is 0 Å². The van der Waals surface area contributed by atoms with Crippen LogP contribution in [0.4, 0.5) is 0 Å². The first-order valence-electron chi connectivity index (χ1n) is 12.8. The zero-order valence-electron chi connectivity index (χ0n) is 20.7. The van der Waals surface area contributed by atoms with Crippen LogP contribution < -0.4 is 11.3 Å². The van der Waals surface area contributed by atoms with Gasteiger partial charge in [0.2, 0.25) is 0 Å². The molecule has 2 saturated heterocycles. The van der Waals surface area contributed by atoms with Crippen molar-refractivity contribution < 1.29 is 13.6 Å². The molecule has 2 aliphatic heterocycles. The third-order valence-corrected chi connectivity index (χ3v) is 7.55. The summed E-state index contributed by atoms with van der Waals surface area (Å²) in [5.74, 6) is 1.77. The lowest BCUT2D eigenvalue weighted by Gasteiger charge is -2.35. The maximum atomic E-state index is 12.0. The van der Waals surface area contributed by atoms with Crippen molar-refractivity contribution in [1.29, 1.82) is 0 Å². The lowest BCUT2D eigenvalue weighted by molar-refractivity contribution is 0.0487. The van der Waals surface area contributed by atoms with Crippen LogP contribution in [0.15, 0.2) is 36.8 Å². The van der Waals surface area contributed by atoms with E-state index in [1.807, 2.05) is 30.8 Å². The average Bonchev–Trinajstić information content (AvgIpc) is 3.51. The summed E-state index contributed by atoms with van der Waals surface area (Å²) in [6.07, 6.45) is 6.39. The molecule has 0 aliphatic carbocycles. The van der Waals surface area contributed by atoms with Crippen LogP contribution in [-0.4, -0.2) is 57.5 Å². The molecule has 0 atom stereocenters. The van der Waals surface area contributed by atoms with Gasteiger partial charge >= 0.3 is 11.3 Å². The Hall–Kier alpha value is -3.24. The Kier molecular flexibility index (Phi) is 6.00. The second kappa shape index (κ2) is 9.33. The Morgan fingerprint density at radius 3 is 2.56 bits per heavy atom. The molecule has 0 radical (unpaired) electrons. The maximum Gasteiger partial charge on any atom is 0.423 e. The van der Waals surface area contributed by atoms with Gasteiger partial charge in [-0.3, -0.25) is 4.68 Å². The second-order valence-corrected chi connectivity index (χ2v) is 10.3. The van der Waals surface area contributed by atoms with Gasteiger partial charge in [-0.05, 0) is 70.7 Å². The molecule has 2 aliphatic rings. The number of nitrogens with zero attached hydrogens (tertiary/aromatic N) is 4. The van der Waals surface area contributed by atoms with Crippen LogP contribution in [0.5, 0.6) is 0 Å². The molecule has 36 heavy (non-hydrogen) atoms. The van der Waals surface area contributed by atoms with Crippen molar-refractivity contribution in [2.75, 3.05) is 32.8 Å². The fourth-order valence-corrected chi connectivity index (χ4v) is 5.59. The lowest BCUT2D eigenvalue weighted by Crippen LogP contribution is -2.38. The summed E-state index contributed by atoms with van der Waals surface area (Å²) in [6.45, 7) is 9.17. The number of fused-ring (bicyclic) bond motifs is 3. The minimum atomic E-state index is -1.04. The van der Waals surface area contributed by atoms with Gasteiger partial charge in [-0.15, -0.1) is 0 Å². The van der Waals surface area contributed by atoms with Crippen LogP contribution in [0.2, 0.25) is 0 Å². The molecule has 5 heterocycles. The molecule has 4 aromatic rings. The summed E-state index contributed by atoms with van der Waals surface area (Å²) in [6, 6.07) is 3.53. The first kappa shape index (κ1) is 23.2. The van der Waals surface area contributed by atoms with Crippen molar-refractivity contribution in [3.8, 4) is 11.5 Å². The molecular weight excluding hydrogens is 462 g/mol. The number of H-pyrrole nitrogens is 1. The van der Waals surface area contributed by atoms with Crippen LogP contribution >= 0.6 is 0 Å². The van der Waals surface area contributed by atoms with Gasteiger partial charge in [0.1, 0.15) is 5.69 Å². The summed E-state index contributed by atoms with van der Waals surface area (Å²) in [5.41, 5.74) is 0.803. The first-order valence-corrected chi connectivity index (χ1v) is 12.8. The molecule has 0 saturated carbocycles. The van der Waals surface area contributed by atoms with Crippen LogP contribution in [0, 0.1) is 5.92 Å². The van der Waals surface area contributed by atoms with Gasteiger partial charge < -0.3 is 23.5 Å². The van der Waals surface area contributed by atoms with E-state index in [2.05, 4.69) is 14.9 Å². The summed E-state index contributed by atoms with van der Waals surface area (Å²) < 4.78 is 17.9. The monoisotopic (exact) mass is 493 g/mol. The van der Waals surface area contributed by atoms with Gasteiger partial charge in [0.05, 0.1) is 10.9 Å². The van der Waals surface area contributed by atoms with E-state index in [0.29, 0.717) is 22.8 Å². The maximum absolute atomic E-state index is 12.0. The lowest BCUT2D eigenvalue weighted by atomic mass is 9.92. The van der Waals surface area contributed by atoms with E-state index in [1.165, 1.54) is 12.8 Å². The number of ether oxygens (including phenoxy) is 1. The van der Waals surface area contributed by atoms with E-state index < -0.39 is 11.3 Å². The van der Waals surface area contributed by atoms with Crippen molar-refractivity contribution in [2.24, 2.45) is 5.92 Å². The highest BCUT2D eigenvalue weighted by atomic mass is 16.5. The quantitative estimate of drug-likeness (QED) is 0.418. The van der Waals surface area contributed by atoms with Crippen LogP contribution in [0.1, 0.15) is 57.2 Å². The van der Waals surface area contributed by atoms with Crippen LogP contribution in [0.25, 0.3) is 33.6 Å². The van der Waals surface area contributed by atoms with E-state index in [-0.39, 0.29) is 17.2 Å². The van der Waals surface area contributed by atoms with Crippen molar-refractivity contribution in [3.63, 3.8) is 0 Å². The largest absolute Gasteiger partial charge is 0.423 e. The highest BCUT2D eigenvalue weighted by Gasteiger charge is 2.27. The fourth-order valence-electron chi connectivity index (χ4n) is 5.59. The van der Waals surface area contributed by atoms with Crippen molar-refractivity contribution in [3.05, 3.63) is 44.9 Å². The average molecular weight is 494 g/mol. The van der Waals surface area contributed by atoms with Gasteiger partial charge in [-0.1, -0.05) is 0 Å². The van der Waals surface area contributed by atoms with Gasteiger partial charge in [-0.25, -0.2) is 14.6 Å². The number of likely N-dealkylation sites (tertiary alicyclic amines) is 1. The highest BCUT2D eigenvalue weighted by Crippen LogP contribution is 2.35. The number of rotatable bonds is 5. The van der Waals surface area contributed by atoms with Crippen molar-refractivity contribution in [2.45, 2.75) is 51.5 Å². The Labute approximate surface area is 207 Å². The van der Waals surface area contributed by atoms with E-state index in [9.17, 15) is 9.59 Å². The van der Waals surface area contributed by atoms with E-state index in [0.717, 1.165) is 62.8 Å². The summed E-state index contributed by atoms with van der Waals surface area (Å²) in [5, 5.41) is 5.43. The zero-order valence-corrected chi connectivity index (χ0v) is 20.7. The second-order valence-electron chi connectivity index (χ2n) is 10.3. The zero-order chi connectivity index (χ0) is 24.8. The molecule has 6 rings (SSSR count). The Bertz CT molecular complexity index is 1500. The first-order chi connectivity index (χ1) is 17.5. The number of hydrogen-bond donors (Lipinski definition) is 1. The van der Waals surface area contributed by atoms with E-state index in [4.69, 9.17) is 18.7 Å². The highest BCUT2D eigenvalue weighted by molar-refractivity contribution is 6.07. The number of hydrogen-bond acceptors (Lipinski definition) is 8. The van der Waals surface area contributed by atoms with Crippen molar-refractivity contribution in [1.82, 2.24) is 24.6 Å². The number of benzene rings is 1. The molecule has 1 N–H and O–H groups in total. The molecule has 2 fully saturated rings. The number of aromatic amines is 1. The number of aromatic nitrogens is 4. The molecule has 10 heteroatoms. The minimum absolute atomic E-state index is 0.0654. The van der Waals surface area contributed by atoms with E-state index in [1.54, 1.807) is 6.07 Å². The molecule has 190 valence electrons. The molecular formula is C26H31N5O5. The van der Waals surface area contributed by atoms with Crippen molar-refractivity contribution >= 4 is 22.1 Å². The Balaban J connectivity index is 1.29. The Morgan fingerprint density at radius 2 is 1.81 bits per heavy atom. The Morgan fingerprint density at radius 1 is 1.06 bits per heavy atom. The topological polar surface area (TPSA) is 119 Å². The summed E-state index contributed by atoms with van der Waals surface area (Å²) in [4.78, 5) is 34.5. The smallest absolute Gasteiger partial charge is 0.414 e. The molecule has 1 aromatic carbocycles. The number of piperidine rings is 1. The van der Waals surface area contributed by atoms with E-state index >= 15 is 0 Å². The molecule has 0 bridgehead atoms. The predicted molar refractivity (Wildman–Crippen MR) is 134 cm³/mol. The summed E-state index contributed by atoms with van der Waals surface area (Å²) >= 11 is 0. The molecule has 3 aromatic heterocycles. The summed E-state index contributed by atoms with van der Waals surface area (Å²) in [7, 11) is 0. The molecule has 10 nitrogen and oxygen atoms in total. The molecule has 0 amide bonds. The van der Waals surface area contributed by atoms with Gasteiger partial charge in [0.25, 0.3) is 0 Å². The standard InChI is InChI=1S/C26H31N5O5/c1-15(2)31-19-3-4-20-23(36-26(33)25(32)35-20)21(19)22(29-31)24-27-13-18(28-24)17-5-9-30(10-6-17)14-16-7-11-34-12-8-16/h3-4,13,15-17H,5-12,14H2,1-2H3,(H,27,28).